The van der Waals surface area contributed by atoms with Gasteiger partial charge in [-0.25, -0.2) is 9.37 Å². The maximum Gasteiger partial charge on any atom is 0.260 e. The summed E-state index contributed by atoms with van der Waals surface area (Å²) >= 11 is 1.23. The minimum absolute atomic E-state index is 0.232. The molecule has 0 aliphatic carbocycles. The number of amides is 1. The van der Waals surface area contributed by atoms with E-state index in [0.717, 1.165) is 47.8 Å². The first-order valence-corrected chi connectivity index (χ1v) is 9.08. The lowest BCUT2D eigenvalue weighted by Gasteiger charge is -2.37. The number of hydrogen-bond acceptors (Lipinski definition) is 6. The van der Waals surface area contributed by atoms with Gasteiger partial charge in [-0.2, -0.15) is 0 Å². The van der Waals surface area contributed by atoms with Gasteiger partial charge in [0.15, 0.2) is 0 Å². The monoisotopic (exact) mass is 371 g/mol. The molecule has 1 amide bonds. The number of halogens is 1. The van der Waals surface area contributed by atoms with E-state index in [1.54, 1.807) is 18.3 Å². The maximum absolute atomic E-state index is 13.1. The number of anilines is 3. The second-order valence-corrected chi connectivity index (χ2v) is 7.17. The molecule has 0 spiro atoms. The summed E-state index contributed by atoms with van der Waals surface area (Å²) in [6.45, 7) is 3.19. The van der Waals surface area contributed by atoms with Gasteiger partial charge >= 0.3 is 0 Å². The molecule has 8 heteroatoms. The first-order valence-electron chi connectivity index (χ1n) is 8.27. The smallest absolute Gasteiger partial charge is 0.260 e. The molecule has 0 bridgehead atoms. The fourth-order valence-corrected chi connectivity index (χ4v) is 4.27. The Kier molecular flexibility index (Phi) is 4.12. The highest BCUT2D eigenvalue weighted by atomic mass is 32.1. The van der Waals surface area contributed by atoms with Crippen LogP contribution in [0.25, 0.3) is 10.2 Å². The van der Waals surface area contributed by atoms with E-state index in [-0.39, 0.29) is 5.82 Å². The number of primary amides is 1. The van der Waals surface area contributed by atoms with E-state index in [1.165, 1.54) is 23.5 Å². The predicted octanol–water partition coefficient (Wildman–Crippen LogP) is 2.44. The van der Waals surface area contributed by atoms with Crippen molar-refractivity contribution < 1.29 is 9.18 Å². The molecule has 3 aromatic rings. The summed E-state index contributed by atoms with van der Waals surface area (Å²) in [7, 11) is 0. The summed E-state index contributed by atoms with van der Waals surface area (Å²) in [6.07, 6.45) is 1.73. The van der Waals surface area contributed by atoms with Gasteiger partial charge in [0.1, 0.15) is 15.5 Å². The molecule has 0 saturated carbocycles. The Balaban J connectivity index is 1.60. The van der Waals surface area contributed by atoms with E-state index < -0.39 is 5.91 Å². The Morgan fingerprint density at radius 3 is 2.38 bits per heavy atom. The predicted molar refractivity (Wildman–Crippen MR) is 103 cm³/mol. The number of carbonyl (C=O) groups is 1. The van der Waals surface area contributed by atoms with Crippen molar-refractivity contribution in [1.29, 1.82) is 0 Å². The van der Waals surface area contributed by atoms with Crippen molar-refractivity contribution in [2.24, 2.45) is 5.73 Å². The standard InChI is InChI=1S/C18H18FN5OS/c19-11-1-3-12(4-2-11)23-7-9-24(10-8-23)13-5-6-22-18-14(13)15(20)16(26-18)17(21)25/h1-6H,7-10,20H2,(H2,21,25). The first kappa shape index (κ1) is 16.6. The van der Waals surface area contributed by atoms with Gasteiger partial charge in [-0.3, -0.25) is 4.79 Å². The van der Waals surface area contributed by atoms with Gasteiger partial charge in [-0.05, 0) is 30.3 Å². The quantitative estimate of drug-likeness (QED) is 0.738. The highest BCUT2D eigenvalue weighted by molar-refractivity contribution is 7.21. The lowest BCUT2D eigenvalue weighted by atomic mass is 10.1. The largest absolute Gasteiger partial charge is 0.397 e. The maximum atomic E-state index is 13.1. The number of nitrogens with zero attached hydrogens (tertiary/aromatic N) is 3. The number of nitrogen functional groups attached to an aromatic ring is 1. The Bertz CT molecular complexity index is 964. The number of aromatic nitrogens is 1. The molecule has 0 atom stereocenters. The van der Waals surface area contributed by atoms with Gasteiger partial charge in [0, 0.05) is 38.1 Å². The third kappa shape index (κ3) is 2.82. The second-order valence-electron chi connectivity index (χ2n) is 6.17. The van der Waals surface area contributed by atoms with Crippen molar-refractivity contribution in [3.63, 3.8) is 0 Å². The number of rotatable bonds is 3. The molecule has 2 aromatic heterocycles. The van der Waals surface area contributed by atoms with Gasteiger partial charge in [0.2, 0.25) is 0 Å². The van der Waals surface area contributed by atoms with E-state index in [9.17, 15) is 9.18 Å². The molecule has 0 unspecified atom stereocenters. The van der Waals surface area contributed by atoms with Crippen LogP contribution in [0.1, 0.15) is 9.67 Å². The molecule has 0 radical (unpaired) electrons. The highest BCUT2D eigenvalue weighted by Gasteiger charge is 2.23. The van der Waals surface area contributed by atoms with Crippen molar-refractivity contribution in [2.75, 3.05) is 41.7 Å². The van der Waals surface area contributed by atoms with E-state index in [4.69, 9.17) is 11.5 Å². The summed E-state index contributed by atoms with van der Waals surface area (Å²) in [4.78, 5) is 21.4. The van der Waals surface area contributed by atoms with Crippen LogP contribution in [0.3, 0.4) is 0 Å². The summed E-state index contributed by atoms with van der Waals surface area (Å²) in [6, 6.07) is 8.47. The second kappa shape index (κ2) is 6.45. The molecular formula is C18H18FN5OS. The van der Waals surface area contributed by atoms with Crippen molar-refractivity contribution in [2.45, 2.75) is 0 Å². The minimum Gasteiger partial charge on any atom is -0.397 e. The van der Waals surface area contributed by atoms with Gasteiger partial charge in [0.05, 0.1) is 16.8 Å². The zero-order valence-corrected chi connectivity index (χ0v) is 14.8. The molecule has 1 fully saturated rings. The van der Waals surface area contributed by atoms with Crippen molar-refractivity contribution in [3.8, 4) is 0 Å². The molecule has 1 saturated heterocycles. The average molecular weight is 371 g/mol. The minimum atomic E-state index is -0.530. The number of carbonyl (C=O) groups excluding carboxylic acids is 1. The zero-order chi connectivity index (χ0) is 18.3. The van der Waals surface area contributed by atoms with Crippen molar-refractivity contribution >= 4 is 44.5 Å². The SMILES string of the molecule is NC(=O)c1sc2nccc(N3CCN(c4ccc(F)cc4)CC3)c2c1N. The number of piperazine rings is 1. The summed E-state index contributed by atoms with van der Waals surface area (Å²) in [5.41, 5.74) is 14.0. The van der Waals surface area contributed by atoms with Crippen LogP contribution < -0.4 is 21.3 Å². The Labute approximate surface area is 153 Å². The van der Waals surface area contributed by atoms with Crippen LogP contribution in [-0.2, 0) is 0 Å². The third-order valence-electron chi connectivity index (χ3n) is 4.64. The van der Waals surface area contributed by atoms with Gasteiger partial charge < -0.3 is 21.3 Å². The summed E-state index contributed by atoms with van der Waals surface area (Å²) in [5, 5.41) is 0.793. The van der Waals surface area contributed by atoms with Gasteiger partial charge in [0.25, 0.3) is 5.91 Å². The van der Waals surface area contributed by atoms with Crippen LogP contribution in [0.4, 0.5) is 21.5 Å². The molecule has 1 aliphatic rings. The van der Waals surface area contributed by atoms with Crippen molar-refractivity contribution in [1.82, 2.24) is 4.98 Å². The molecule has 26 heavy (non-hydrogen) atoms. The van der Waals surface area contributed by atoms with Crippen LogP contribution in [0.2, 0.25) is 0 Å². The van der Waals surface area contributed by atoms with Crippen LogP contribution in [-0.4, -0.2) is 37.1 Å². The van der Waals surface area contributed by atoms with Gasteiger partial charge in [-0.15, -0.1) is 11.3 Å². The Hall–Kier alpha value is -2.87. The zero-order valence-electron chi connectivity index (χ0n) is 14.0. The Morgan fingerprint density at radius 2 is 1.73 bits per heavy atom. The topological polar surface area (TPSA) is 88.5 Å². The summed E-state index contributed by atoms with van der Waals surface area (Å²) < 4.78 is 13.1. The van der Waals surface area contributed by atoms with Crippen LogP contribution >= 0.6 is 11.3 Å². The lowest BCUT2D eigenvalue weighted by Crippen LogP contribution is -2.46. The number of hydrogen-bond donors (Lipinski definition) is 2. The molecular weight excluding hydrogens is 353 g/mol. The van der Waals surface area contributed by atoms with Crippen LogP contribution in [0, 0.1) is 5.82 Å². The lowest BCUT2D eigenvalue weighted by molar-refractivity contribution is 0.100. The fourth-order valence-electron chi connectivity index (χ4n) is 3.33. The summed E-state index contributed by atoms with van der Waals surface area (Å²) in [5.74, 6) is -0.762. The normalized spacial score (nSPS) is 14.8. The van der Waals surface area contributed by atoms with Crippen LogP contribution in [0.15, 0.2) is 36.5 Å². The third-order valence-corrected chi connectivity index (χ3v) is 5.77. The molecule has 1 aliphatic heterocycles. The Morgan fingerprint density at radius 1 is 1.08 bits per heavy atom. The molecule has 1 aromatic carbocycles. The van der Waals surface area contributed by atoms with Crippen molar-refractivity contribution in [3.05, 3.63) is 47.2 Å². The highest BCUT2D eigenvalue weighted by Crippen LogP contribution is 2.38. The first-order chi connectivity index (χ1) is 12.5. The van der Waals surface area contributed by atoms with Crippen LogP contribution in [0.5, 0.6) is 0 Å². The van der Waals surface area contributed by atoms with E-state index in [0.29, 0.717) is 10.6 Å². The molecule has 6 nitrogen and oxygen atoms in total. The van der Waals surface area contributed by atoms with Gasteiger partial charge in [-0.1, -0.05) is 0 Å². The number of nitrogens with two attached hydrogens (primary N) is 2. The molecule has 3 heterocycles. The number of fused-ring (bicyclic) bond motifs is 1. The molecule has 4 rings (SSSR count). The van der Waals surface area contributed by atoms with E-state index in [1.807, 2.05) is 6.07 Å². The average Bonchev–Trinajstić information content (AvgIpc) is 3.00. The fraction of sp³-hybridized carbons (Fsp3) is 0.222. The number of benzene rings is 1. The molecule has 4 N–H and O–H groups in total. The van der Waals surface area contributed by atoms with E-state index >= 15 is 0 Å². The van der Waals surface area contributed by atoms with E-state index in [2.05, 4.69) is 14.8 Å². The molecule has 134 valence electrons. The number of pyridine rings is 1. The number of thiophene rings is 1.